The maximum Gasteiger partial charge on any atom is 0.212 e. The zero-order valence-corrected chi connectivity index (χ0v) is 12.1. The fourth-order valence-corrected chi connectivity index (χ4v) is 2.34. The number of ether oxygens (including phenoxy) is 1. The van der Waals surface area contributed by atoms with E-state index in [1.165, 1.54) is 0 Å². The fourth-order valence-electron chi connectivity index (χ4n) is 2.34. The highest BCUT2D eigenvalue weighted by atomic mass is 16.5. The van der Waals surface area contributed by atoms with Gasteiger partial charge in [0.2, 0.25) is 5.76 Å². The van der Waals surface area contributed by atoms with Gasteiger partial charge in [-0.2, -0.15) is 0 Å². The molecule has 3 aromatic rings. The van der Waals surface area contributed by atoms with Gasteiger partial charge in [-0.05, 0) is 37.6 Å². The van der Waals surface area contributed by atoms with Crippen LogP contribution in [0.4, 0.5) is 5.82 Å². The normalized spacial score (nSPS) is 10.8. The third-order valence-electron chi connectivity index (χ3n) is 3.41. The number of hydrogen-bond acceptors (Lipinski definition) is 5. The van der Waals surface area contributed by atoms with Crippen LogP contribution in [0.2, 0.25) is 0 Å². The van der Waals surface area contributed by atoms with Gasteiger partial charge in [-0.15, -0.1) is 0 Å². The Morgan fingerprint density at radius 3 is 2.62 bits per heavy atom. The summed E-state index contributed by atoms with van der Waals surface area (Å²) in [6.45, 7) is 3.94. The molecule has 0 saturated heterocycles. The molecule has 0 aliphatic heterocycles. The van der Waals surface area contributed by atoms with Gasteiger partial charge in [0.25, 0.3) is 0 Å². The quantitative estimate of drug-likeness (QED) is 0.791. The summed E-state index contributed by atoms with van der Waals surface area (Å²) in [5, 5.41) is 3.88. The predicted octanol–water partition coefficient (Wildman–Crippen LogP) is 3.81. The summed E-state index contributed by atoms with van der Waals surface area (Å²) >= 11 is 0. The Morgan fingerprint density at radius 2 is 1.95 bits per heavy atom. The summed E-state index contributed by atoms with van der Waals surface area (Å²) in [7, 11) is 1.62. The zero-order chi connectivity index (χ0) is 15.0. The molecule has 2 aromatic heterocycles. The van der Waals surface area contributed by atoms with Crippen molar-refractivity contribution in [3.05, 3.63) is 41.7 Å². The average Bonchev–Trinajstić information content (AvgIpc) is 3.04. The van der Waals surface area contributed by atoms with Crippen LogP contribution in [0.25, 0.3) is 22.6 Å². The number of nitrogen functional groups attached to an aromatic ring is 1. The number of aromatic nitrogens is 1. The molecule has 0 radical (unpaired) electrons. The van der Waals surface area contributed by atoms with Gasteiger partial charge in [0, 0.05) is 5.56 Å². The lowest BCUT2D eigenvalue weighted by atomic mass is 10.0. The van der Waals surface area contributed by atoms with Crippen molar-refractivity contribution in [3.8, 4) is 28.4 Å². The van der Waals surface area contributed by atoms with Crippen LogP contribution < -0.4 is 10.5 Å². The first-order chi connectivity index (χ1) is 10.1. The molecule has 3 rings (SSSR count). The molecule has 0 aliphatic carbocycles. The minimum Gasteiger partial charge on any atom is -0.496 e. The first-order valence-electron chi connectivity index (χ1n) is 6.56. The van der Waals surface area contributed by atoms with Gasteiger partial charge in [0.15, 0.2) is 11.6 Å². The van der Waals surface area contributed by atoms with E-state index >= 15 is 0 Å². The predicted molar refractivity (Wildman–Crippen MR) is 80.1 cm³/mol. The first-order valence-corrected chi connectivity index (χ1v) is 6.56. The molecule has 0 fully saturated rings. The second kappa shape index (κ2) is 5.01. The summed E-state index contributed by atoms with van der Waals surface area (Å²) in [4.78, 5) is 0. The number of benzene rings is 1. The van der Waals surface area contributed by atoms with Crippen LogP contribution in [-0.4, -0.2) is 12.3 Å². The molecule has 0 amide bonds. The maximum absolute atomic E-state index is 6.00. The van der Waals surface area contributed by atoms with E-state index in [9.17, 15) is 0 Å². The first kappa shape index (κ1) is 13.3. The Hall–Kier alpha value is -2.69. The Bertz CT molecular complexity index is 787. The van der Waals surface area contributed by atoms with Gasteiger partial charge < -0.3 is 19.4 Å². The smallest absolute Gasteiger partial charge is 0.212 e. The third kappa shape index (κ3) is 2.16. The second-order valence-electron chi connectivity index (χ2n) is 4.91. The molecular weight excluding hydrogens is 268 g/mol. The van der Waals surface area contributed by atoms with E-state index in [1.807, 2.05) is 38.1 Å². The van der Waals surface area contributed by atoms with Gasteiger partial charge in [-0.1, -0.05) is 16.8 Å². The summed E-state index contributed by atoms with van der Waals surface area (Å²) in [6, 6.07) is 7.73. The van der Waals surface area contributed by atoms with Crippen LogP contribution >= 0.6 is 0 Å². The number of anilines is 1. The summed E-state index contributed by atoms with van der Waals surface area (Å²) in [6.07, 6.45) is 1.61. The average molecular weight is 284 g/mol. The number of rotatable bonds is 3. The molecule has 0 bridgehead atoms. The van der Waals surface area contributed by atoms with Gasteiger partial charge in [0.1, 0.15) is 5.75 Å². The molecule has 0 spiro atoms. The molecule has 2 heterocycles. The minimum atomic E-state index is 0.310. The maximum atomic E-state index is 6.00. The van der Waals surface area contributed by atoms with Crippen molar-refractivity contribution in [3.63, 3.8) is 0 Å². The lowest BCUT2D eigenvalue weighted by Crippen LogP contribution is -1.93. The Labute approximate surface area is 122 Å². The van der Waals surface area contributed by atoms with Crippen LogP contribution in [0, 0.1) is 13.8 Å². The largest absolute Gasteiger partial charge is 0.496 e. The van der Waals surface area contributed by atoms with E-state index in [2.05, 4.69) is 5.16 Å². The molecule has 5 nitrogen and oxygen atoms in total. The Morgan fingerprint density at radius 1 is 1.14 bits per heavy atom. The lowest BCUT2D eigenvalue weighted by Gasteiger charge is -2.09. The molecule has 21 heavy (non-hydrogen) atoms. The van der Waals surface area contributed by atoms with Crippen LogP contribution in [0.3, 0.4) is 0 Å². The molecule has 5 heteroatoms. The number of nitrogens with two attached hydrogens (primary N) is 1. The van der Waals surface area contributed by atoms with E-state index < -0.39 is 0 Å². The highest BCUT2D eigenvalue weighted by Gasteiger charge is 2.23. The van der Waals surface area contributed by atoms with Crippen molar-refractivity contribution in [2.75, 3.05) is 12.8 Å². The van der Waals surface area contributed by atoms with Gasteiger partial charge in [-0.25, -0.2) is 0 Å². The van der Waals surface area contributed by atoms with E-state index in [4.69, 9.17) is 19.4 Å². The van der Waals surface area contributed by atoms with Crippen LogP contribution in [0.1, 0.15) is 11.1 Å². The second-order valence-corrected chi connectivity index (χ2v) is 4.91. The van der Waals surface area contributed by atoms with Crippen molar-refractivity contribution in [1.29, 1.82) is 0 Å². The molecule has 0 atom stereocenters. The molecular formula is C16H16N2O3. The van der Waals surface area contributed by atoms with E-state index in [-0.39, 0.29) is 0 Å². The Kier molecular flexibility index (Phi) is 3.17. The standard InChI is InChI=1S/C16H16N2O3/c1-9-4-5-12(19-3)11(8-9)13-15(21-18-16(13)17)14-10(2)6-7-20-14/h4-8H,1-3H3,(H2,17,18). The summed E-state index contributed by atoms with van der Waals surface area (Å²) in [5.74, 6) is 2.15. The molecule has 0 unspecified atom stereocenters. The van der Waals surface area contributed by atoms with Crippen molar-refractivity contribution in [1.82, 2.24) is 5.16 Å². The summed E-state index contributed by atoms with van der Waals surface area (Å²) in [5.41, 5.74) is 9.57. The van der Waals surface area contributed by atoms with Crippen molar-refractivity contribution in [2.45, 2.75) is 13.8 Å². The molecule has 1 aromatic carbocycles. The number of hydrogen-bond donors (Lipinski definition) is 1. The monoisotopic (exact) mass is 284 g/mol. The van der Waals surface area contributed by atoms with Crippen LogP contribution in [0.5, 0.6) is 5.75 Å². The van der Waals surface area contributed by atoms with Crippen molar-refractivity contribution >= 4 is 5.82 Å². The number of methoxy groups -OCH3 is 1. The van der Waals surface area contributed by atoms with E-state index in [0.29, 0.717) is 28.7 Å². The lowest BCUT2D eigenvalue weighted by molar-refractivity contribution is 0.415. The molecule has 2 N–H and O–H groups in total. The van der Waals surface area contributed by atoms with Crippen molar-refractivity contribution < 1.29 is 13.7 Å². The van der Waals surface area contributed by atoms with Crippen molar-refractivity contribution in [2.24, 2.45) is 0 Å². The Balaban J connectivity index is 2.27. The number of aryl methyl sites for hydroxylation is 2. The molecule has 0 aliphatic rings. The van der Waals surface area contributed by atoms with Gasteiger partial charge in [-0.3, -0.25) is 0 Å². The van der Waals surface area contributed by atoms with Crippen LogP contribution in [0.15, 0.2) is 39.5 Å². The van der Waals surface area contributed by atoms with E-state index in [0.717, 1.165) is 16.7 Å². The molecule has 0 saturated carbocycles. The number of furan rings is 1. The van der Waals surface area contributed by atoms with Gasteiger partial charge in [0.05, 0.1) is 18.9 Å². The number of nitrogens with zero attached hydrogens (tertiary/aromatic N) is 1. The fraction of sp³-hybridized carbons (Fsp3) is 0.188. The summed E-state index contributed by atoms with van der Waals surface area (Å²) < 4.78 is 16.3. The third-order valence-corrected chi connectivity index (χ3v) is 3.41. The molecule has 108 valence electrons. The van der Waals surface area contributed by atoms with Crippen LogP contribution in [-0.2, 0) is 0 Å². The highest BCUT2D eigenvalue weighted by Crippen LogP contribution is 2.42. The van der Waals surface area contributed by atoms with Gasteiger partial charge >= 0.3 is 0 Å². The highest BCUT2D eigenvalue weighted by molar-refractivity contribution is 5.88. The minimum absolute atomic E-state index is 0.310. The zero-order valence-electron chi connectivity index (χ0n) is 12.1. The van der Waals surface area contributed by atoms with E-state index in [1.54, 1.807) is 13.4 Å². The SMILES string of the molecule is COc1ccc(C)cc1-c1c(N)noc1-c1occc1C. The topological polar surface area (TPSA) is 74.4 Å².